The molecule has 0 saturated heterocycles. The lowest BCUT2D eigenvalue weighted by Gasteiger charge is -2.15. The number of aliphatic hydroxyl groups is 2. The van der Waals surface area contributed by atoms with Crippen LogP contribution in [0.5, 0.6) is 0 Å². The third-order valence-corrected chi connectivity index (χ3v) is 2.69. The van der Waals surface area contributed by atoms with E-state index in [2.05, 4.69) is 0 Å². The van der Waals surface area contributed by atoms with Gasteiger partial charge in [0.15, 0.2) is 0 Å². The summed E-state index contributed by atoms with van der Waals surface area (Å²) in [5, 5.41) is 18.5. The minimum Gasteiger partial charge on any atom is -0.390 e. The van der Waals surface area contributed by atoms with Crippen LogP contribution in [0.1, 0.15) is 19.8 Å². The van der Waals surface area contributed by atoms with Crippen LogP contribution in [0.4, 0.5) is 8.78 Å². The molecule has 0 spiro atoms. The summed E-state index contributed by atoms with van der Waals surface area (Å²) in [6, 6.07) is 0. The Morgan fingerprint density at radius 1 is 1.33 bits per heavy atom. The average Bonchev–Trinajstić information content (AvgIpc) is 2.30. The summed E-state index contributed by atoms with van der Waals surface area (Å²) in [6.07, 6.45) is -3.85. The van der Waals surface area contributed by atoms with Crippen LogP contribution in [0.15, 0.2) is 0 Å². The molecule has 0 heterocycles. The largest absolute Gasteiger partial charge is 0.390 e. The molecule has 12 heavy (non-hydrogen) atoms. The van der Waals surface area contributed by atoms with Crippen molar-refractivity contribution in [1.29, 1.82) is 0 Å². The monoisotopic (exact) mass is 180 g/mol. The Labute approximate surface area is 70.2 Å². The summed E-state index contributed by atoms with van der Waals surface area (Å²) in [5.41, 5.74) is 0. The first-order valence-corrected chi connectivity index (χ1v) is 4.22. The Morgan fingerprint density at radius 3 is 2.17 bits per heavy atom. The van der Waals surface area contributed by atoms with Gasteiger partial charge in [-0.05, 0) is 12.3 Å². The lowest BCUT2D eigenvalue weighted by atomic mass is 10.0. The third-order valence-electron chi connectivity index (χ3n) is 2.69. The van der Waals surface area contributed by atoms with Gasteiger partial charge in [0.2, 0.25) is 6.43 Å². The minimum atomic E-state index is -2.52. The Hall–Kier alpha value is -0.220. The highest BCUT2D eigenvalue weighted by Gasteiger charge is 2.44. The molecule has 1 rings (SSSR count). The summed E-state index contributed by atoms with van der Waals surface area (Å²) in [6.45, 7) is 1.83. The number of halogens is 2. The third kappa shape index (κ3) is 1.59. The van der Waals surface area contributed by atoms with Crippen LogP contribution in [0.3, 0.4) is 0 Å². The number of aliphatic hydroxyl groups excluding tert-OH is 2. The van der Waals surface area contributed by atoms with Crippen molar-refractivity contribution in [2.75, 3.05) is 0 Å². The maximum absolute atomic E-state index is 12.2. The molecule has 0 aromatic heterocycles. The van der Waals surface area contributed by atoms with Crippen LogP contribution in [-0.2, 0) is 0 Å². The summed E-state index contributed by atoms with van der Waals surface area (Å²) in [5.74, 6) is -1.20. The summed E-state index contributed by atoms with van der Waals surface area (Å²) in [4.78, 5) is 0. The molecule has 4 heteroatoms. The van der Waals surface area contributed by atoms with Gasteiger partial charge in [-0.2, -0.15) is 0 Å². The smallest absolute Gasteiger partial charge is 0.244 e. The number of hydrogen-bond acceptors (Lipinski definition) is 2. The van der Waals surface area contributed by atoms with Gasteiger partial charge < -0.3 is 10.2 Å². The van der Waals surface area contributed by atoms with Gasteiger partial charge >= 0.3 is 0 Å². The Balaban J connectivity index is 2.60. The van der Waals surface area contributed by atoms with E-state index in [1.54, 1.807) is 0 Å². The van der Waals surface area contributed by atoms with Crippen molar-refractivity contribution >= 4 is 0 Å². The standard InChI is InChI=1S/C8H14F2O2/c1-2-4-3-5(8(9)10)7(12)6(4)11/h4-8,11-12H,2-3H2,1H3/t4-,5+,6+,7-/m1/s1. The fourth-order valence-corrected chi connectivity index (χ4v) is 1.82. The van der Waals surface area contributed by atoms with E-state index in [0.29, 0.717) is 6.42 Å². The molecule has 0 unspecified atom stereocenters. The summed E-state index contributed by atoms with van der Waals surface area (Å²) in [7, 11) is 0. The number of rotatable bonds is 2. The van der Waals surface area contributed by atoms with Gasteiger partial charge in [-0.1, -0.05) is 13.3 Å². The molecule has 1 saturated carbocycles. The quantitative estimate of drug-likeness (QED) is 0.666. The van der Waals surface area contributed by atoms with Crippen LogP contribution in [0.25, 0.3) is 0 Å². The van der Waals surface area contributed by atoms with Crippen molar-refractivity contribution in [2.45, 2.75) is 38.4 Å². The van der Waals surface area contributed by atoms with Crippen molar-refractivity contribution in [3.63, 3.8) is 0 Å². The van der Waals surface area contributed by atoms with E-state index in [1.165, 1.54) is 0 Å². The van der Waals surface area contributed by atoms with E-state index >= 15 is 0 Å². The normalized spacial score (nSPS) is 42.5. The number of alkyl halides is 2. The Kier molecular flexibility index (Phi) is 3.01. The predicted molar refractivity (Wildman–Crippen MR) is 39.9 cm³/mol. The number of hydrogen-bond donors (Lipinski definition) is 2. The van der Waals surface area contributed by atoms with E-state index in [1.807, 2.05) is 6.92 Å². The lowest BCUT2D eigenvalue weighted by molar-refractivity contribution is -0.0376. The van der Waals surface area contributed by atoms with Crippen LogP contribution in [-0.4, -0.2) is 28.8 Å². The molecule has 4 atom stereocenters. The zero-order chi connectivity index (χ0) is 9.30. The molecule has 0 aliphatic heterocycles. The molecule has 1 fully saturated rings. The first-order valence-electron chi connectivity index (χ1n) is 4.22. The highest BCUT2D eigenvalue weighted by atomic mass is 19.3. The highest BCUT2D eigenvalue weighted by molar-refractivity contribution is 4.91. The van der Waals surface area contributed by atoms with Crippen LogP contribution >= 0.6 is 0 Å². The van der Waals surface area contributed by atoms with Crippen molar-refractivity contribution in [3.8, 4) is 0 Å². The van der Waals surface area contributed by atoms with Gasteiger partial charge in [0, 0.05) is 5.92 Å². The van der Waals surface area contributed by atoms with Crippen molar-refractivity contribution < 1.29 is 19.0 Å². The van der Waals surface area contributed by atoms with Crippen LogP contribution < -0.4 is 0 Å². The second-order valence-electron chi connectivity index (χ2n) is 3.38. The van der Waals surface area contributed by atoms with Crippen LogP contribution in [0.2, 0.25) is 0 Å². The van der Waals surface area contributed by atoms with E-state index in [4.69, 9.17) is 0 Å². The molecule has 0 amide bonds. The fourth-order valence-electron chi connectivity index (χ4n) is 1.82. The van der Waals surface area contributed by atoms with E-state index in [9.17, 15) is 19.0 Å². The SMILES string of the molecule is CC[C@@H]1C[C@H](C(F)F)[C@@H](O)[C@H]1O. The molecule has 72 valence electrons. The van der Waals surface area contributed by atoms with Gasteiger partial charge in [-0.25, -0.2) is 8.78 Å². The van der Waals surface area contributed by atoms with Gasteiger partial charge in [0.05, 0.1) is 12.2 Å². The first-order chi connectivity index (χ1) is 5.57. The Morgan fingerprint density at radius 2 is 1.92 bits per heavy atom. The van der Waals surface area contributed by atoms with Gasteiger partial charge in [-0.3, -0.25) is 0 Å². The van der Waals surface area contributed by atoms with Gasteiger partial charge in [0.1, 0.15) is 0 Å². The molecule has 2 nitrogen and oxygen atoms in total. The maximum atomic E-state index is 12.2. The topological polar surface area (TPSA) is 40.5 Å². The van der Waals surface area contributed by atoms with Crippen molar-refractivity contribution in [3.05, 3.63) is 0 Å². The average molecular weight is 180 g/mol. The summed E-state index contributed by atoms with van der Waals surface area (Å²) >= 11 is 0. The molecule has 1 aliphatic rings. The Bertz CT molecular complexity index is 152. The molecule has 2 N–H and O–H groups in total. The molecular weight excluding hydrogens is 166 g/mol. The molecule has 0 radical (unpaired) electrons. The van der Waals surface area contributed by atoms with Crippen molar-refractivity contribution in [1.82, 2.24) is 0 Å². The highest BCUT2D eigenvalue weighted by Crippen LogP contribution is 2.36. The van der Waals surface area contributed by atoms with Crippen molar-refractivity contribution in [2.24, 2.45) is 11.8 Å². The van der Waals surface area contributed by atoms with E-state index in [-0.39, 0.29) is 12.3 Å². The molecule has 0 aromatic rings. The van der Waals surface area contributed by atoms with Gasteiger partial charge in [-0.15, -0.1) is 0 Å². The second-order valence-corrected chi connectivity index (χ2v) is 3.38. The lowest BCUT2D eigenvalue weighted by Crippen LogP contribution is -2.30. The second kappa shape index (κ2) is 3.66. The zero-order valence-electron chi connectivity index (χ0n) is 6.95. The summed E-state index contributed by atoms with van der Waals surface area (Å²) < 4.78 is 24.4. The molecular formula is C8H14F2O2. The van der Waals surface area contributed by atoms with Gasteiger partial charge in [0.25, 0.3) is 0 Å². The minimum absolute atomic E-state index is 0.168. The molecule has 1 aliphatic carbocycles. The predicted octanol–water partition coefficient (Wildman–Crippen LogP) is 1.02. The maximum Gasteiger partial charge on any atom is 0.244 e. The van der Waals surface area contributed by atoms with E-state index in [0.717, 1.165) is 0 Å². The molecule has 0 bridgehead atoms. The van der Waals surface area contributed by atoms with Crippen LogP contribution in [0, 0.1) is 11.8 Å². The van der Waals surface area contributed by atoms with E-state index < -0.39 is 24.6 Å². The zero-order valence-corrected chi connectivity index (χ0v) is 6.95. The fraction of sp³-hybridized carbons (Fsp3) is 1.00. The first kappa shape index (κ1) is 9.86. The molecule has 0 aromatic carbocycles.